The summed E-state index contributed by atoms with van der Waals surface area (Å²) in [6.45, 7) is 1.32. The molecule has 8 nitrogen and oxygen atoms in total. The monoisotopic (exact) mass is 395 g/mol. The number of piperidine rings is 1. The van der Waals surface area contributed by atoms with Crippen molar-refractivity contribution in [3.63, 3.8) is 0 Å². The summed E-state index contributed by atoms with van der Waals surface area (Å²) in [6.07, 6.45) is 3.41. The summed E-state index contributed by atoms with van der Waals surface area (Å²) in [4.78, 5) is 19.3. The second-order valence-electron chi connectivity index (χ2n) is 7.30. The molecule has 4 rings (SSSR count). The number of pyridine rings is 1. The molecule has 0 radical (unpaired) electrons. The molecule has 0 unspecified atom stereocenters. The van der Waals surface area contributed by atoms with Crippen molar-refractivity contribution in [2.24, 2.45) is 7.05 Å². The van der Waals surface area contributed by atoms with Gasteiger partial charge in [-0.3, -0.25) is 14.5 Å². The van der Waals surface area contributed by atoms with Gasteiger partial charge in [-0.05, 0) is 31.0 Å². The number of nitrogens with two attached hydrogens (primary N) is 1. The number of hydrogen-bond donors (Lipinski definition) is 1. The largest absolute Gasteiger partial charge is 0.493 e. The summed E-state index contributed by atoms with van der Waals surface area (Å²) in [7, 11) is 5.02. The van der Waals surface area contributed by atoms with Crippen molar-refractivity contribution in [3.05, 3.63) is 41.9 Å². The Kier molecular flexibility index (Phi) is 5.00. The van der Waals surface area contributed by atoms with Gasteiger partial charge < -0.3 is 20.1 Å². The van der Waals surface area contributed by atoms with Crippen molar-refractivity contribution in [2.75, 3.05) is 33.0 Å². The van der Waals surface area contributed by atoms with E-state index in [4.69, 9.17) is 20.2 Å². The highest BCUT2D eigenvalue weighted by Gasteiger charge is 2.27. The minimum atomic E-state index is -0.0275. The van der Waals surface area contributed by atoms with Gasteiger partial charge in [-0.15, -0.1) is 0 Å². The molecule has 2 N–H and O–H groups in total. The van der Waals surface area contributed by atoms with Crippen molar-refractivity contribution >= 4 is 22.5 Å². The molecule has 1 aliphatic heterocycles. The van der Waals surface area contributed by atoms with Crippen molar-refractivity contribution in [1.29, 1.82) is 0 Å². The molecule has 3 aromatic rings. The Morgan fingerprint density at radius 3 is 2.45 bits per heavy atom. The molecule has 0 bridgehead atoms. The number of aryl methyl sites for hydroxylation is 1. The predicted molar refractivity (Wildman–Crippen MR) is 110 cm³/mol. The van der Waals surface area contributed by atoms with Crippen LogP contribution in [0.4, 0.5) is 5.69 Å². The predicted octanol–water partition coefficient (Wildman–Crippen LogP) is 2.59. The van der Waals surface area contributed by atoms with Crippen LogP contribution in [0.2, 0.25) is 0 Å². The zero-order valence-electron chi connectivity index (χ0n) is 16.9. The van der Waals surface area contributed by atoms with Crippen molar-refractivity contribution in [3.8, 4) is 11.5 Å². The van der Waals surface area contributed by atoms with Gasteiger partial charge >= 0.3 is 0 Å². The van der Waals surface area contributed by atoms with E-state index < -0.39 is 0 Å². The lowest BCUT2D eigenvalue weighted by atomic mass is 9.91. The van der Waals surface area contributed by atoms with Crippen LogP contribution in [0.5, 0.6) is 11.5 Å². The van der Waals surface area contributed by atoms with E-state index in [1.165, 1.54) is 0 Å². The third-order valence-electron chi connectivity index (χ3n) is 5.48. The Morgan fingerprint density at radius 1 is 1.14 bits per heavy atom. The second kappa shape index (κ2) is 7.62. The molecule has 0 spiro atoms. The lowest BCUT2D eigenvalue weighted by Crippen LogP contribution is -2.38. The molecule has 2 aromatic heterocycles. The highest BCUT2D eigenvalue weighted by molar-refractivity contribution is 5.92. The van der Waals surface area contributed by atoms with Crippen LogP contribution < -0.4 is 15.2 Å². The zero-order chi connectivity index (χ0) is 20.5. The van der Waals surface area contributed by atoms with Gasteiger partial charge in [-0.25, -0.2) is 0 Å². The van der Waals surface area contributed by atoms with Gasteiger partial charge in [0.05, 0.1) is 31.1 Å². The van der Waals surface area contributed by atoms with Gasteiger partial charge in [0.2, 0.25) is 0 Å². The lowest BCUT2D eigenvalue weighted by molar-refractivity contribution is 0.0705. The molecular formula is C21H25N5O3. The fraction of sp³-hybridized carbons (Fsp3) is 0.381. The molecular weight excluding hydrogens is 370 g/mol. The fourth-order valence-corrected chi connectivity index (χ4v) is 3.91. The van der Waals surface area contributed by atoms with Crippen LogP contribution in [-0.4, -0.2) is 52.9 Å². The summed E-state index contributed by atoms with van der Waals surface area (Å²) in [5.74, 6) is 1.47. The molecule has 0 aliphatic carbocycles. The minimum Gasteiger partial charge on any atom is -0.493 e. The number of amides is 1. The first kappa shape index (κ1) is 19.0. The normalized spacial score (nSPS) is 14.9. The standard InChI is InChI=1S/C21H25N5O3/c1-25-7-6-16(24-25)21(27)26-8-4-13(5-9-26)20-15(22)10-14-11-18(28-2)19(29-3)12-17(14)23-20/h6-7,10-13H,4-5,8-9,22H2,1-3H3. The highest BCUT2D eigenvalue weighted by Crippen LogP contribution is 2.36. The molecule has 1 aliphatic rings. The topological polar surface area (TPSA) is 95.5 Å². The number of nitrogens with zero attached hydrogens (tertiary/aromatic N) is 4. The van der Waals surface area contributed by atoms with Crippen LogP contribution >= 0.6 is 0 Å². The number of nitrogen functional groups attached to an aromatic ring is 1. The van der Waals surface area contributed by atoms with E-state index in [1.807, 2.05) is 30.1 Å². The lowest BCUT2D eigenvalue weighted by Gasteiger charge is -2.31. The Balaban J connectivity index is 1.54. The maximum Gasteiger partial charge on any atom is 0.274 e. The van der Waals surface area contributed by atoms with Gasteiger partial charge in [0.15, 0.2) is 11.5 Å². The van der Waals surface area contributed by atoms with Crippen LogP contribution in [-0.2, 0) is 7.05 Å². The van der Waals surface area contributed by atoms with Crippen LogP contribution in [0.3, 0.4) is 0 Å². The third-order valence-corrected chi connectivity index (χ3v) is 5.48. The number of carbonyl (C=O) groups excluding carboxylic acids is 1. The zero-order valence-corrected chi connectivity index (χ0v) is 16.9. The van der Waals surface area contributed by atoms with E-state index in [-0.39, 0.29) is 11.8 Å². The minimum absolute atomic E-state index is 0.0275. The molecule has 8 heteroatoms. The SMILES string of the molecule is COc1cc2cc(N)c(C3CCN(C(=O)c4ccn(C)n4)CC3)nc2cc1OC. The maximum absolute atomic E-state index is 12.6. The van der Waals surface area contributed by atoms with E-state index in [1.54, 1.807) is 31.2 Å². The van der Waals surface area contributed by atoms with Gasteiger partial charge in [-0.2, -0.15) is 5.10 Å². The van der Waals surface area contributed by atoms with Crippen LogP contribution in [0.15, 0.2) is 30.5 Å². The number of carbonyl (C=O) groups is 1. The fourth-order valence-electron chi connectivity index (χ4n) is 3.91. The molecule has 1 aromatic carbocycles. The summed E-state index contributed by atoms with van der Waals surface area (Å²) in [5.41, 5.74) is 9.19. The number of likely N-dealkylation sites (tertiary alicyclic amines) is 1. The Hall–Kier alpha value is -3.29. The maximum atomic E-state index is 12.6. The third kappa shape index (κ3) is 3.57. The molecule has 152 valence electrons. The molecule has 29 heavy (non-hydrogen) atoms. The van der Waals surface area contributed by atoms with Crippen molar-refractivity contribution < 1.29 is 14.3 Å². The number of benzene rings is 1. The molecule has 3 heterocycles. The van der Waals surface area contributed by atoms with Gasteiger partial charge in [-0.1, -0.05) is 0 Å². The summed E-state index contributed by atoms with van der Waals surface area (Å²) < 4.78 is 12.4. The average molecular weight is 395 g/mol. The molecule has 1 fully saturated rings. The number of rotatable bonds is 4. The molecule has 0 saturated carbocycles. The van der Waals surface area contributed by atoms with E-state index in [2.05, 4.69) is 5.10 Å². The highest BCUT2D eigenvalue weighted by atomic mass is 16.5. The van der Waals surface area contributed by atoms with Crippen molar-refractivity contribution in [1.82, 2.24) is 19.7 Å². The van der Waals surface area contributed by atoms with Gasteiger partial charge in [0.25, 0.3) is 5.91 Å². The first-order valence-electron chi connectivity index (χ1n) is 9.61. The Labute approximate surface area is 169 Å². The summed E-state index contributed by atoms with van der Waals surface area (Å²) >= 11 is 0. The molecule has 0 atom stereocenters. The van der Waals surface area contributed by atoms with Crippen LogP contribution in [0.25, 0.3) is 10.9 Å². The van der Waals surface area contributed by atoms with E-state index >= 15 is 0 Å². The quantitative estimate of drug-likeness (QED) is 0.730. The van der Waals surface area contributed by atoms with Crippen LogP contribution in [0.1, 0.15) is 34.9 Å². The smallest absolute Gasteiger partial charge is 0.274 e. The van der Waals surface area contributed by atoms with E-state index in [9.17, 15) is 4.79 Å². The number of aromatic nitrogens is 3. The summed E-state index contributed by atoms with van der Waals surface area (Å²) in [5, 5.41) is 5.12. The first-order chi connectivity index (χ1) is 14.0. The Bertz CT molecular complexity index is 1050. The number of fused-ring (bicyclic) bond motifs is 1. The second-order valence-corrected chi connectivity index (χ2v) is 7.30. The summed E-state index contributed by atoms with van der Waals surface area (Å²) in [6, 6.07) is 7.44. The molecule has 1 amide bonds. The van der Waals surface area contributed by atoms with Crippen molar-refractivity contribution in [2.45, 2.75) is 18.8 Å². The molecule has 1 saturated heterocycles. The average Bonchev–Trinajstić information content (AvgIpc) is 3.18. The van der Waals surface area contributed by atoms with Crippen LogP contribution in [0, 0.1) is 0 Å². The Morgan fingerprint density at radius 2 is 1.83 bits per heavy atom. The van der Waals surface area contributed by atoms with E-state index in [0.717, 1.165) is 29.4 Å². The number of hydrogen-bond acceptors (Lipinski definition) is 6. The van der Waals surface area contributed by atoms with Gasteiger partial charge in [0, 0.05) is 43.7 Å². The first-order valence-corrected chi connectivity index (χ1v) is 9.61. The number of methoxy groups -OCH3 is 2. The number of ether oxygens (including phenoxy) is 2. The van der Waals surface area contributed by atoms with Gasteiger partial charge in [0.1, 0.15) is 5.69 Å². The van der Waals surface area contributed by atoms with E-state index in [0.29, 0.717) is 36.0 Å². The number of anilines is 1.